The average Bonchev–Trinajstić information content (AvgIpc) is 3.40. The molecular weight excluding hydrogens is 543 g/mol. The molecule has 10 heteroatoms. The minimum atomic E-state index is -4.19. The van der Waals surface area contributed by atoms with Gasteiger partial charge < -0.3 is 14.6 Å². The summed E-state index contributed by atoms with van der Waals surface area (Å²) in [5, 5.41) is 0.487. The van der Waals surface area contributed by atoms with Crippen LogP contribution in [0.15, 0.2) is 65.7 Å². The number of fused-ring (bicyclic) bond motifs is 1. The average molecular weight is 579 g/mol. The molecule has 0 unspecified atom stereocenters. The molecule has 1 fully saturated rings. The molecule has 1 aliphatic rings. The van der Waals surface area contributed by atoms with Gasteiger partial charge in [-0.2, -0.15) is 0 Å². The van der Waals surface area contributed by atoms with Gasteiger partial charge in [0.15, 0.2) is 0 Å². The Balaban J connectivity index is 1.51. The van der Waals surface area contributed by atoms with Gasteiger partial charge in [0.2, 0.25) is 0 Å². The third kappa shape index (κ3) is 6.37. The Labute approximate surface area is 240 Å². The number of ether oxygens (including phenoxy) is 1. The molecule has 0 radical (unpaired) electrons. The van der Waals surface area contributed by atoms with E-state index in [1.165, 1.54) is 18.2 Å². The molecule has 5 rings (SSSR count). The number of piperidine rings is 1. The topological polar surface area (TPSA) is 104 Å². The Morgan fingerprint density at radius 1 is 1.12 bits per heavy atom. The second-order valence-corrected chi connectivity index (χ2v) is 13.4. The number of nitrogens with zero attached hydrogens (tertiary/aromatic N) is 2. The first-order chi connectivity index (χ1) is 19.4. The molecule has 0 atom stereocenters. The van der Waals surface area contributed by atoms with Crippen LogP contribution in [0.5, 0.6) is 5.75 Å². The van der Waals surface area contributed by atoms with Crippen molar-refractivity contribution in [3.63, 3.8) is 0 Å². The fraction of sp³-hybridized carbons (Fsp3) is 0.355. The Bertz CT molecular complexity index is 1690. The summed E-state index contributed by atoms with van der Waals surface area (Å²) in [6.07, 6.45) is 3.40. The van der Waals surface area contributed by atoms with E-state index in [0.717, 1.165) is 12.8 Å². The predicted octanol–water partition coefficient (Wildman–Crippen LogP) is 6.15. The molecule has 1 aliphatic heterocycles. The molecule has 41 heavy (non-hydrogen) atoms. The number of pyridine rings is 1. The molecule has 2 aromatic carbocycles. The van der Waals surface area contributed by atoms with E-state index in [1.54, 1.807) is 42.6 Å². The quantitative estimate of drug-likeness (QED) is 0.260. The Kier molecular flexibility index (Phi) is 7.78. The van der Waals surface area contributed by atoms with E-state index in [2.05, 4.69) is 23.6 Å². The van der Waals surface area contributed by atoms with Crippen LogP contribution < -0.4 is 14.4 Å². The van der Waals surface area contributed by atoms with Gasteiger partial charge in [0.25, 0.3) is 15.9 Å². The van der Waals surface area contributed by atoms with Crippen LogP contribution >= 0.6 is 0 Å². The molecule has 4 aromatic rings. The second-order valence-electron chi connectivity index (χ2n) is 11.7. The number of carbonyl (C=O) groups is 1. The van der Waals surface area contributed by atoms with Crippen molar-refractivity contribution in [1.82, 2.24) is 14.7 Å². The minimum Gasteiger partial charge on any atom is -0.493 e. The zero-order valence-corrected chi connectivity index (χ0v) is 24.5. The van der Waals surface area contributed by atoms with Crippen molar-refractivity contribution >= 4 is 32.7 Å². The second kappa shape index (κ2) is 11.2. The summed E-state index contributed by atoms with van der Waals surface area (Å²) in [6.45, 7) is 10.1. The molecule has 0 saturated carbocycles. The van der Waals surface area contributed by atoms with Crippen molar-refractivity contribution in [2.45, 2.75) is 45.4 Å². The number of aromatic nitrogens is 2. The van der Waals surface area contributed by atoms with Gasteiger partial charge in [-0.3, -0.25) is 4.79 Å². The SMILES string of the molecule is CC(C)COc1cc(F)cc(-c2ccc(C(=O)NS(=O)(=O)c3cccc4[nH]ccc34)c(N3CCC(C)(C)CC3)n2)c1. The largest absolute Gasteiger partial charge is 0.493 e. The number of sulfonamides is 1. The molecule has 216 valence electrons. The first-order valence-corrected chi connectivity index (χ1v) is 15.2. The number of hydrogen-bond acceptors (Lipinski definition) is 6. The van der Waals surface area contributed by atoms with Gasteiger partial charge in [0.1, 0.15) is 17.4 Å². The molecule has 2 N–H and O–H groups in total. The van der Waals surface area contributed by atoms with Crippen molar-refractivity contribution in [3.05, 3.63) is 72.2 Å². The Hall–Kier alpha value is -3.92. The maximum atomic E-state index is 14.6. The van der Waals surface area contributed by atoms with Crippen LogP contribution in [0.1, 0.15) is 50.9 Å². The summed E-state index contributed by atoms with van der Waals surface area (Å²) in [6, 6.07) is 14.1. The van der Waals surface area contributed by atoms with Crippen molar-refractivity contribution in [2.75, 3.05) is 24.6 Å². The Morgan fingerprint density at radius 3 is 2.61 bits per heavy atom. The number of amides is 1. The lowest BCUT2D eigenvalue weighted by molar-refractivity contribution is 0.0981. The van der Waals surface area contributed by atoms with E-state index < -0.39 is 21.7 Å². The van der Waals surface area contributed by atoms with E-state index in [-0.39, 0.29) is 21.8 Å². The number of halogens is 1. The number of carbonyl (C=O) groups excluding carboxylic acids is 1. The number of H-pyrrole nitrogens is 1. The standard InChI is InChI=1S/C31H35FN4O4S/c1-20(2)19-40-23-17-21(16-22(32)18-23)26-9-8-25(29(34-26)36-14-11-31(3,4)12-15-36)30(37)35-41(38,39)28-7-5-6-27-24(28)10-13-33-27/h5-10,13,16-18,20,33H,11-12,14-15,19H2,1-4H3,(H,35,37). The summed E-state index contributed by atoms with van der Waals surface area (Å²) < 4.78 is 49.2. The highest BCUT2D eigenvalue weighted by Crippen LogP contribution is 2.35. The minimum absolute atomic E-state index is 0.00383. The number of aromatic amines is 1. The smallest absolute Gasteiger partial charge is 0.268 e. The monoisotopic (exact) mass is 578 g/mol. The Morgan fingerprint density at radius 2 is 1.88 bits per heavy atom. The number of rotatable bonds is 8. The molecule has 1 amide bonds. The number of hydrogen-bond donors (Lipinski definition) is 2. The van der Waals surface area contributed by atoms with Crippen LogP contribution in [0, 0.1) is 17.2 Å². The third-order valence-corrected chi connectivity index (χ3v) is 8.75. The van der Waals surface area contributed by atoms with Gasteiger partial charge in [-0.05, 0) is 66.6 Å². The molecule has 1 saturated heterocycles. The first-order valence-electron chi connectivity index (χ1n) is 13.7. The highest BCUT2D eigenvalue weighted by molar-refractivity contribution is 7.90. The zero-order valence-electron chi connectivity index (χ0n) is 23.7. The summed E-state index contributed by atoms with van der Waals surface area (Å²) in [5.41, 5.74) is 1.87. The van der Waals surface area contributed by atoms with Crippen LogP contribution in [0.25, 0.3) is 22.2 Å². The van der Waals surface area contributed by atoms with Gasteiger partial charge in [-0.25, -0.2) is 22.5 Å². The maximum Gasteiger partial charge on any atom is 0.268 e. The van der Waals surface area contributed by atoms with Crippen molar-refractivity contribution < 1.29 is 22.3 Å². The van der Waals surface area contributed by atoms with Gasteiger partial charge in [-0.1, -0.05) is 33.8 Å². The molecule has 3 heterocycles. The predicted molar refractivity (Wildman–Crippen MR) is 158 cm³/mol. The lowest BCUT2D eigenvalue weighted by atomic mass is 9.82. The summed E-state index contributed by atoms with van der Waals surface area (Å²) in [4.78, 5) is 23.4. The van der Waals surface area contributed by atoms with E-state index in [1.807, 2.05) is 18.7 Å². The van der Waals surface area contributed by atoms with Crippen LogP contribution in [0.4, 0.5) is 10.2 Å². The molecule has 0 bridgehead atoms. The van der Waals surface area contributed by atoms with Gasteiger partial charge in [-0.15, -0.1) is 0 Å². The van der Waals surface area contributed by atoms with Crippen molar-refractivity contribution in [3.8, 4) is 17.0 Å². The van der Waals surface area contributed by atoms with Crippen LogP contribution in [0.2, 0.25) is 0 Å². The number of benzene rings is 2. The van der Waals surface area contributed by atoms with Gasteiger partial charge >= 0.3 is 0 Å². The van der Waals surface area contributed by atoms with Crippen LogP contribution in [-0.2, 0) is 10.0 Å². The van der Waals surface area contributed by atoms with Crippen LogP contribution in [0.3, 0.4) is 0 Å². The van der Waals surface area contributed by atoms with E-state index >= 15 is 0 Å². The van der Waals surface area contributed by atoms with Crippen molar-refractivity contribution in [1.29, 1.82) is 0 Å². The highest BCUT2D eigenvalue weighted by Gasteiger charge is 2.30. The lowest BCUT2D eigenvalue weighted by Crippen LogP contribution is -2.39. The fourth-order valence-corrected chi connectivity index (χ4v) is 6.12. The van der Waals surface area contributed by atoms with Crippen LogP contribution in [-0.4, -0.2) is 44.0 Å². The molecule has 2 aromatic heterocycles. The first kappa shape index (κ1) is 28.6. The third-order valence-electron chi connectivity index (χ3n) is 7.36. The number of anilines is 1. The van der Waals surface area contributed by atoms with Gasteiger partial charge in [0, 0.05) is 41.8 Å². The molecule has 8 nitrogen and oxygen atoms in total. The van der Waals surface area contributed by atoms with E-state index in [0.29, 0.717) is 53.4 Å². The fourth-order valence-electron chi connectivity index (χ4n) is 4.93. The van der Waals surface area contributed by atoms with E-state index in [9.17, 15) is 17.6 Å². The summed E-state index contributed by atoms with van der Waals surface area (Å²) in [7, 11) is -4.19. The lowest BCUT2D eigenvalue weighted by Gasteiger charge is -2.38. The number of nitrogens with one attached hydrogen (secondary N) is 2. The summed E-state index contributed by atoms with van der Waals surface area (Å²) >= 11 is 0. The molecule has 0 spiro atoms. The molecule has 0 aliphatic carbocycles. The normalized spacial score (nSPS) is 15.3. The van der Waals surface area contributed by atoms with E-state index in [4.69, 9.17) is 9.72 Å². The summed E-state index contributed by atoms with van der Waals surface area (Å²) in [5.74, 6) is -0.219. The maximum absolute atomic E-state index is 14.6. The van der Waals surface area contributed by atoms with Gasteiger partial charge in [0.05, 0.1) is 22.8 Å². The highest BCUT2D eigenvalue weighted by atomic mass is 32.2. The zero-order chi connectivity index (χ0) is 29.4. The van der Waals surface area contributed by atoms with Crippen molar-refractivity contribution in [2.24, 2.45) is 11.3 Å². The molecular formula is C31H35FN4O4S.